The summed E-state index contributed by atoms with van der Waals surface area (Å²) in [5, 5.41) is 11.8. The first-order valence-corrected chi connectivity index (χ1v) is 7.82. The minimum absolute atomic E-state index is 0.207. The second-order valence-corrected chi connectivity index (χ2v) is 5.39. The standard InChI is InChI=1S/C20H18N2O4/c1-14-6-3-4-9-18(14)22-19(23)13-26-20(24)16(12-21)10-15-7-5-8-17(11-15)25-2/h3-11H,13H2,1-2H3,(H,22,23)/b16-10+. The van der Waals surface area contributed by atoms with Gasteiger partial charge in [-0.2, -0.15) is 5.26 Å². The number of carbonyl (C=O) groups excluding carboxylic acids is 2. The lowest BCUT2D eigenvalue weighted by Crippen LogP contribution is -2.21. The van der Waals surface area contributed by atoms with Gasteiger partial charge in [-0.05, 0) is 42.3 Å². The zero-order valence-corrected chi connectivity index (χ0v) is 14.5. The summed E-state index contributed by atoms with van der Waals surface area (Å²) in [4.78, 5) is 23.9. The van der Waals surface area contributed by atoms with Crippen LogP contribution in [0.15, 0.2) is 54.1 Å². The van der Waals surface area contributed by atoms with E-state index in [0.29, 0.717) is 17.0 Å². The monoisotopic (exact) mass is 350 g/mol. The maximum Gasteiger partial charge on any atom is 0.349 e. The summed E-state index contributed by atoms with van der Waals surface area (Å²) in [5.74, 6) is -0.747. The number of methoxy groups -OCH3 is 1. The van der Waals surface area contributed by atoms with Crippen molar-refractivity contribution in [2.75, 3.05) is 19.0 Å². The number of benzene rings is 2. The Labute approximate surface area is 151 Å². The Kier molecular flexibility index (Phi) is 6.52. The van der Waals surface area contributed by atoms with Gasteiger partial charge in [-0.25, -0.2) is 4.79 Å². The highest BCUT2D eigenvalue weighted by Crippen LogP contribution is 2.16. The van der Waals surface area contributed by atoms with Crippen molar-refractivity contribution in [2.24, 2.45) is 0 Å². The van der Waals surface area contributed by atoms with Gasteiger partial charge >= 0.3 is 5.97 Å². The Morgan fingerprint density at radius 1 is 1.19 bits per heavy atom. The maximum absolute atomic E-state index is 12.0. The first kappa shape index (κ1) is 18.7. The van der Waals surface area contributed by atoms with Crippen LogP contribution >= 0.6 is 0 Å². The average molecular weight is 350 g/mol. The molecule has 0 bridgehead atoms. The summed E-state index contributed by atoms with van der Waals surface area (Å²) in [6.07, 6.45) is 1.38. The van der Waals surface area contributed by atoms with Crippen molar-refractivity contribution < 1.29 is 19.1 Å². The van der Waals surface area contributed by atoms with Crippen LogP contribution in [0.4, 0.5) is 5.69 Å². The van der Waals surface area contributed by atoms with Gasteiger partial charge in [-0.15, -0.1) is 0 Å². The van der Waals surface area contributed by atoms with E-state index >= 15 is 0 Å². The Hall–Kier alpha value is -3.59. The van der Waals surface area contributed by atoms with Crippen LogP contribution in [0.25, 0.3) is 6.08 Å². The number of nitrogens with zero attached hydrogens (tertiary/aromatic N) is 1. The average Bonchev–Trinajstić information content (AvgIpc) is 2.66. The van der Waals surface area contributed by atoms with Gasteiger partial charge < -0.3 is 14.8 Å². The largest absolute Gasteiger partial charge is 0.497 e. The van der Waals surface area contributed by atoms with Gasteiger partial charge in [0.05, 0.1) is 7.11 Å². The molecule has 0 saturated heterocycles. The molecule has 0 atom stereocenters. The fourth-order valence-electron chi connectivity index (χ4n) is 2.14. The number of carbonyl (C=O) groups is 2. The Morgan fingerprint density at radius 3 is 2.65 bits per heavy atom. The van der Waals surface area contributed by atoms with Crippen molar-refractivity contribution in [1.82, 2.24) is 0 Å². The second kappa shape index (κ2) is 9.04. The zero-order chi connectivity index (χ0) is 18.9. The SMILES string of the molecule is COc1cccc(/C=C(\C#N)C(=O)OCC(=O)Nc2ccccc2C)c1. The molecule has 0 unspecified atom stereocenters. The number of aryl methyl sites for hydroxylation is 1. The van der Waals surface area contributed by atoms with E-state index in [1.165, 1.54) is 13.2 Å². The van der Waals surface area contributed by atoms with Crippen molar-refractivity contribution in [3.8, 4) is 11.8 Å². The molecule has 1 amide bonds. The van der Waals surface area contributed by atoms with E-state index in [4.69, 9.17) is 9.47 Å². The molecule has 0 aliphatic rings. The molecular formula is C20H18N2O4. The van der Waals surface area contributed by atoms with Gasteiger partial charge in [-0.3, -0.25) is 4.79 Å². The smallest absolute Gasteiger partial charge is 0.349 e. The van der Waals surface area contributed by atoms with Crippen LogP contribution < -0.4 is 10.1 Å². The van der Waals surface area contributed by atoms with Gasteiger partial charge in [0.1, 0.15) is 17.4 Å². The molecule has 0 heterocycles. The molecular weight excluding hydrogens is 332 g/mol. The molecule has 6 nitrogen and oxygen atoms in total. The number of anilines is 1. The van der Waals surface area contributed by atoms with Crippen LogP contribution in [0.5, 0.6) is 5.75 Å². The number of rotatable bonds is 6. The molecule has 2 rings (SSSR count). The summed E-state index contributed by atoms with van der Waals surface area (Å²) in [6, 6.07) is 15.9. The van der Waals surface area contributed by atoms with E-state index in [-0.39, 0.29) is 5.57 Å². The molecule has 1 N–H and O–H groups in total. The van der Waals surface area contributed by atoms with Gasteiger partial charge in [0.15, 0.2) is 6.61 Å². The third-order valence-corrected chi connectivity index (χ3v) is 3.50. The lowest BCUT2D eigenvalue weighted by molar-refractivity contribution is -0.142. The van der Waals surface area contributed by atoms with Crippen LogP contribution in [0.3, 0.4) is 0 Å². The minimum atomic E-state index is -0.866. The molecule has 0 radical (unpaired) electrons. The maximum atomic E-state index is 12.0. The van der Waals surface area contributed by atoms with Gasteiger partial charge in [0.2, 0.25) is 0 Å². The first-order chi connectivity index (χ1) is 12.5. The number of amides is 1. The summed E-state index contributed by atoms with van der Waals surface area (Å²) in [7, 11) is 1.52. The number of hydrogen-bond acceptors (Lipinski definition) is 5. The Morgan fingerprint density at radius 2 is 1.96 bits per heavy atom. The predicted molar refractivity (Wildman–Crippen MR) is 97.4 cm³/mol. The van der Waals surface area contributed by atoms with E-state index < -0.39 is 18.5 Å². The van der Waals surface area contributed by atoms with Crippen LogP contribution in [0.2, 0.25) is 0 Å². The lowest BCUT2D eigenvalue weighted by Gasteiger charge is -2.08. The summed E-state index contributed by atoms with van der Waals surface area (Å²) in [5.41, 5.74) is 1.94. The number of nitrogens with one attached hydrogen (secondary N) is 1. The molecule has 6 heteroatoms. The fourth-order valence-corrected chi connectivity index (χ4v) is 2.14. The quantitative estimate of drug-likeness (QED) is 0.491. The molecule has 2 aromatic rings. The molecule has 26 heavy (non-hydrogen) atoms. The van der Waals surface area contributed by atoms with Crippen LogP contribution in [-0.4, -0.2) is 25.6 Å². The summed E-state index contributed by atoms with van der Waals surface area (Å²) in [6.45, 7) is 1.37. The van der Waals surface area contributed by atoms with Crippen LogP contribution in [-0.2, 0) is 14.3 Å². The van der Waals surface area contributed by atoms with E-state index in [9.17, 15) is 14.9 Å². The predicted octanol–water partition coefficient (Wildman–Crippen LogP) is 3.09. The third-order valence-electron chi connectivity index (χ3n) is 3.50. The van der Waals surface area contributed by atoms with E-state index in [2.05, 4.69) is 5.32 Å². The normalized spacial score (nSPS) is 10.6. The molecule has 0 saturated carbocycles. The van der Waals surface area contributed by atoms with Crippen LogP contribution in [0.1, 0.15) is 11.1 Å². The fraction of sp³-hybridized carbons (Fsp3) is 0.150. The molecule has 0 fully saturated rings. The summed E-state index contributed by atoms with van der Waals surface area (Å²) >= 11 is 0. The number of nitriles is 1. The van der Waals surface area contributed by atoms with Crippen molar-refractivity contribution in [2.45, 2.75) is 6.92 Å². The number of ether oxygens (including phenoxy) is 2. The van der Waals surface area contributed by atoms with E-state index in [1.54, 1.807) is 42.5 Å². The van der Waals surface area contributed by atoms with Gasteiger partial charge in [0.25, 0.3) is 5.91 Å². The third kappa shape index (κ3) is 5.21. The van der Waals surface area contributed by atoms with Crippen molar-refractivity contribution in [3.05, 3.63) is 65.2 Å². The molecule has 0 aromatic heterocycles. The van der Waals surface area contributed by atoms with Crippen molar-refractivity contribution in [3.63, 3.8) is 0 Å². The molecule has 132 valence electrons. The minimum Gasteiger partial charge on any atom is -0.497 e. The molecule has 0 aliphatic heterocycles. The van der Waals surface area contributed by atoms with Gasteiger partial charge in [0, 0.05) is 5.69 Å². The molecule has 0 spiro atoms. The summed E-state index contributed by atoms with van der Waals surface area (Å²) < 4.78 is 10.0. The Balaban J connectivity index is 1.98. The lowest BCUT2D eigenvalue weighted by atomic mass is 10.1. The highest BCUT2D eigenvalue weighted by Gasteiger charge is 2.14. The number of esters is 1. The number of hydrogen-bond donors (Lipinski definition) is 1. The highest BCUT2D eigenvalue weighted by molar-refractivity contribution is 6.00. The van der Waals surface area contributed by atoms with Crippen molar-refractivity contribution >= 4 is 23.6 Å². The van der Waals surface area contributed by atoms with Crippen LogP contribution in [0, 0.1) is 18.3 Å². The number of para-hydroxylation sites is 1. The van der Waals surface area contributed by atoms with Gasteiger partial charge in [-0.1, -0.05) is 30.3 Å². The van der Waals surface area contributed by atoms with Crippen molar-refractivity contribution in [1.29, 1.82) is 5.26 Å². The second-order valence-electron chi connectivity index (χ2n) is 5.39. The zero-order valence-electron chi connectivity index (χ0n) is 14.5. The van der Waals surface area contributed by atoms with E-state index in [1.807, 2.05) is 19.1 Å². The van der Waals surface area contributed by atoms with E-state index in [0.717, 1.165) is 5.56 Å². The highest BCUT2D eigenvalue weighted by atomic mass is 16.5. The molecule has 0 aliphatic carbocycles. The Bertz CT molecular complexity index is 881. The molecule has 2 aromatic carbocycles. The topological polar surface area (TPSA) is 88.4 Å². The first-order valence-electron chi connectivity index (χ1n) is 7.82.